The van der Waals surface area contributed by atoms with Crippen LogP contribution < -0.4 is 0 Å². The first kappa shape index (κ1) is 17.3. The van der Waals surface area contributed by atoms with Crippen LogP contribution in [0.1, 0.15) is 72.1 Å². The van der Waals surface area contributed by atoms with Crippen LogP contribution in [0, 0.1) is 40.4 Å². The highest BCUT2D eigenvalue weighted by atomic mass is 16.3. The van der Waals surface area contributed by atoms with Crippen molar-refractivity contribution in [1.29, 1.82) is 0 Å². The van der Waals surface area contributed by atoms with Gasteiger partial charge in [0, 0.05) is 5.92 Å². The zero-order chi connectivity index (χ0) is 17.3. The van der Waals surface area contributed by atoms with Crippen molar-refractivity contribution in [3.63, 3.8) is 0 Å². The molecule has 3 nitrogen and oxygen atoms in total. The number of rotatable bonds is 1. The molecule has 24 heavy (non-hydrogen) atoms. The maximum Gasteiger partial charge on any atom is 0.0601 e. The largest absolute Gasteiger partial charge is 0.393 e. The van der Waals surface area contributed by atoms with Gasteiger partial charge in [0.15, 0.2) is 0 Å². The third kappa shape index (κ3) is 2.27. The van der Waals surface area contributed by atoms with Crippen molar-refractivity contribution in [3.8, 4) is 0 Å². The van der Waals surface area contributed by atoms with Crippen molar-refractivity contribution >= 4 is 0 Å². The molecule has 3 heteroatoms. The van der Waals surface area contributed by atoms with Gasteiger partial charge in [-0.1, -0.05) is 13.8 Å². The molecule has 3 N–H and O–H groups in total. The molecule has 0 radical (unpaired) electrons. The van der Waals surface area contributed by atoms with Gasteiger partial charge in [-0.3, -0.25) is 0 Å². The van der Waals surface area contributed by atoms with Gasteiger partial charge in [0.25, 0.3) is 0 Å². The smallest absolute Gasteiger partial charge is 0.0601 e. The van der Waals surface area contributed by atoms with Gasteiger partial charge in [-0.05, 0) is 92.8 Å². The maximum atomic E-state index is 10.7. The summed E-state index contributed by atoms with van der Waals surface area (Å²) < 4.78 is 0. The lowest BCUT2D eigenvalue weighted by Crippen LogP contribution is -2.54. The van der Waals surface area contributed by atoms with Crippen LogP contribution in [0.4, 0.5) is 0 Å². The Morgan fingerprint density at radius 3 is 2.29 bits per heavy atom. The minimum absolute atomic E-state index is 0.0437. The highest BCUT2D eigenvalue weighted by Gasteiger charge is 2.62. The second-order valence-electron chi connectivity index (χ2n) is 10.2. The third-order valence-corrected chi connectivity index (χ3v) is 9.27. The number of hydrogen-bond acceptors (Lipinski definition) is 3. The summed E-state index contributed by atoms with van der Waals surface area (Å²) in [5.74, 6) is 2.75. The number of hydrogen-bond donors (Lipinski definition) is 3. The van der Waals surface area contributed by atoms with Gasteiger partial charge in [0.05, 0.1) is 18.3 Å². The molecular formula is C21H36O3. The predicted octanol–water partition coefficient (Wildman–Crippen LogP) is 3.36. The van der Waals surface area contributed by atoms with E-state index in [4.69, 9.17) is 0 Å². The van der Waals surface area contributed by atoms with Gasteiger partial charge in [-0.25, -0.2) is 0 Å². The first-order valence-corrected chi connectivity index (χ1v) is 10.3. The van der Waals surface area contributed by atoms with E-state index in [1.807, 2.05) is 6.92 Å². The summed E-state index contributed by atoms with van der Waals surface area (Å²) in [4.78, 5) is 0. The SMILES string of the molecule is C[C@@H](O)[C@H]1[C@@H](O)C[C@H]2[C@@H]3CC[C@@H]4C[C@@H](O)CC[C@]4(C)[C@H]3CC[C@]12C. The summed E-state index contributed by atoms with van der Waals surface area (Å²) in [7, 11) is 0. The van der Waals surface area contributed by atoms with Crippen LogP contribution in [0.2, 0.25) is 0 Å². The van der Waals surface area contributed by atoms with Gasteiger partial charge in [-0.15, -0.1) is 0 Å². The average Bonchev–Trinajstić information content (AvgIpc) is 2.78. The lowest BCUT2D eigenvalue weighted by atomic mass is 9.44. The van der Waals surface area contributed by atoms with E-state index in [1.54, 1.807) is 0 Å². The molecule has 0 bridgehead atoms. The fourth-order valence-corrected chi connectivity index (χ4v) is 8.16. The van der Waals surface area contributed by atoms with E-state index >= 15 is 0 Å². The molecule has 4 fully saturated rings. The molecule has 0 aromatic rings. The Morgan fingerprint density at radius 1 is 0.875 bits per heavy atom. The van der Waals surface area contributed by atoms with Gasteiger partial charge < -0.3 is 15.3 Å². The minimum Gasteiger partial charge on any atom is -0.393 e. The quantitative estimate of drug-likeness (QED) is 0.688. The van der Waals surface area contributed by atoms with Crippen LogP contribution in [-0.2, 0) is 0 Å². The molecule has 138 valence electrons. The highest BCUT2D eigenvalue weighted by molar-refractivity contribution is 5.11. The molecule has 4 aliphatic rings. The molecular weight excluding hydrogens is 300 g/mol. The summed E-state index contributed by atoms with van der Waals surface area (Å²) in [6.07, 6.45) is 8.10. The molecule has 0 amide bonds. The van der Waals surface area contributed by atoms with Gasteiger partial charge in [0.2, 0.25) is 0 Å². The Morgan fingerprint density at radius 2 is 1.58 bits per heavy atom. The van der Waals surface area contributed by atoms with E-state index in [0.29, 0.717) is 23.2 Å². The Labute approximate surface area is 146 Å². The fourth-order valence-electron chi connectivity index (χ4n) is 8.16. The lowest BCUT2D eigenvalue weighted by molar-refractivity contribution is -0.133. The van der Waals surface area contributed by atoms with E-state index in [-0.39, 0.29) is 23.5 Å². The lowest BCUT2D eigenvalue weighted by Gasteiger charge is -2.61. The van der Waals surface area contributed by atoms with E-state index < -0.39 is 6.10 Å². The van der Waals surface area contributed by atoms with Gasteiger partial charge in [-0.2, -0.15) is 0 Å². The van der Waals surface area contributed by atoms with Crippen LogP contribution in [0.3, 0.4) is 0 Å². The molecule has 4 aliphatic carbocycles. The maximum absolute atomic E-state index is 10.7. The highest BCUT2D eigenvalue weighted by Crippen LogP contribution is 2.67. The van der Waals surface area contributed by atoms with E-state index in [9.17, 15) is 15.3 Å². The van der Waals surface area contributed by atoms with Crippen molar-refractivity contribution in [2.75, 3.05) is 0 Å². The summed E-state index contributed by atoms with van der Waals surface area (Å²) >= 11 is 0. The number of aliphatic hydroxyl groups is 3. The zero-order valence-corrected chi connectivity index (χ0v) is 15.6. The van der Waals surface area contributed by atoms with Crippen LogP contribution in [0.15, 0.2) is 0 Å². The van der Waals surface area contributed by atoms with Crippen LogP contribution in [0.25, 0.3) is 0 Å². The summed E-state index contributed by atoms with van der Waals surface area (Å²) in [6, 6.07) is 0. The van der Waals surface area contributed by atoms with Gasteiger partial charge >= 0.3 is 0 Å². The summed E-state index contributed by atoms with van der Waals surface area (Å²) in [5.41, 5.74) is 0.490. The van der Waals surface area contributed by atoms with Crippen molar-refractivity contribution < 1.29 is 15.3 Å². The first-order chi connectivity index (χ1) is 11.3. The third-order valence-electron chi connectivity index (χ3n) is 9.27. The number of aliphatic hydroxyl groups excluding tert-OH is 3. The van der Waals surface area contributed by atoms with Crippen LogP contribution >= 0.6 is 0 Å². The van der Waals surface area contributed by atoms with Crippen LogP contribution in [0.5, 0.6) is 0 Å². The van der Waals surface area contributed by atoms with E-state index in [0.717, 1.165) is 31.6 Å². The van der Waals surface area contributed by atoms with Crippen molar-refractivity contribution in [2.45, 2.75) is 90.4 Å². The summed E-state index contributed by atoms with van der Waals surface area (Å²) in [5, 5.41) is 31.1. The Hall–Kier alpha value is -0.120. The molecule has 4 rings (SSSR count). The normalized spacial score (nSPS) is 58.5. The molecule has 0 aromatic heterocycles. The molecule has 0 saturated heterocycles. The first-order valence-electron chi connectivity index (χ1n) is 10.3. The number of fused-ring (bicyclic) bond motifs is 5. The Kier molecular flexibility index (Phi) is 4.10. The minimum atomic E-state index is -0.414. The zero-order valence-electron chi connectivity index (χ0n) is 15.6. The molecule has 0 spiro atoms. The molecule has 0 aromatic carbocycles. The second-order valence-corrected chi connectivity index (χ2v) is 10.2. The fraction of sp³-hybridized carbons (Fsp3) is 1.00. The van der Waals surface area contributed by atoms with E-state index in [2.05, 4.69) is 13.8 Å². The van der Waals surface area contributed by atoms with Crippen molar-refractivity contribution in [1.82, 2.24) is 0 Å². The Balaban J connectivity index is 1.63. The molecule has 0 unspecified atom stereocenters. The van der Waals surface area contributed by atoms with E-state index in [1.165, 1.54) is 25.7 Å². The van der Waals surface area contributed by atoms with Crippen LogP contribution in [-0.4, -0.2) is 33.6 Å². The molecule has 10 atom stereocenters. The van der Waals surface area contributed by atoms with Crippen molar-refractivity contribution in [2.24, 2.45) is 40.4 Å². The monoisotopic (exact) mass is 336 g/mol. The van der Waals surface area contributed by atoms with Gasteiger partial charge in [0.1, 0.15) is 0 Å². The molecule has 0 aliphatic heterocycles. The predicted molar refractivity (Wildman–Crippen MR) is 94.3 cm³/mol. The second kappa shape index (κ2) is 5.69. The van der Waals surface area contributed by atoms with Crippen molar-refractivity contribution in [3.05, 3.63) is 0 Å². The molecule has 4 saturated carbocycles. The topological polar surface area (TPSA) is 60.7 Å². The average molecular weight is 337 g/mol. The Bertz CT molecular complexity index is 491. The molecule has 0 heterocycles. The summed E-state index contributed by atoms with van der Waals surface area (Å²) in [6.45, 7) is 6.72. The standard InChI is InChI=1S/C21H36O3/c1-12(22)19-18(24)11-17-15-5-4-13-10-14(23)6-8-20(13,2)16(15)7-9-21(17,19)3/h12-19,22-24H,4-11H2,1-3H3/t12-,13-,14+,15-,16+,17+,18+,19+,20+,21+/m1/s1.